The van der Waals surface area contributed by atoms with E-state index in [1.807, 2.05) is 19.9 Å². The van der Waals surface area contributed by atoms with E-state index in [0.29, 0.717) is 41.8 Å². The zero-order valence-corrected chi connectivity index (χ0v) is 20.1. The van der Waals surface area contributed by atoms with E-state index in [1.165, 1.54) is 16.4 Å². The van der Waals surface area contributed by atoms with Crippen molar-refractivity contribution in [3.05, 3.63) is 65.1 Å². The largest absolute Gasteiger partial charge is 0.323 e. The van der Waals surface area contributed by atoms with Crippen LogP contribution in [0.15, 0.2) is 64.4 Å². The summed E-state index contributed by atoms with van der Waals surface area (Å²) in [5.41, 5.74) is 0.866. The second-order valence-electron chi connectivity index (χ2n) is 8.13. The maximum Gasteiger partial charge on any atom is 0.323 e. The molecule has 2 aromatic carbocycles. The lowest BCUT2D eigenvalue weighted by molar-refractivity contribution is 0.262. The van der Waals surface area contributed by atoms with Gasteiger partial charge in [-0.15, -0.1) is 0 Å². The predicted octanol–water partition coefficient (Wildman–Crippen LogP) is 4.33. The van der Waals surface area contributed by atoms with E-state index < -0.39 is 16.1 Å². The van der Waals surface area contributed by atoms with Crippen LogP contribution in [0.5, 0.6) is 0 Å². The Labute approximate surface area is 194 Å². The molecule has 33 heavy (non-hydrogen) atoms. The Morgan fingerprint density at radius 3 is 2.15 bits per heavy atom. The monoisotopic (exact) mass is 470 g/mol. The number of pyridine rings is 1. The number of rotatable bonds is 8. The van der Waals surface area contributed by atoms with E-state index >= 15 is 0 Å². The maximum atomic E-state index is 12.8. The summed E-state index contributed by atoms with van der Waals surface area (Å²) >= 11 is 0. The van der Waals surface area contributed by atoms with E-state index in [-0.39, 0.29) is 16.4 Å². The summed E-state index contributed by atoms with van der Waals surface area (Å²) in [5, 5.41) is 6.72. The second kappa shape index (κ2) is 10.2. The molecule has 8 nitrogen and oxygen atoms in total. The number of aromatic nitrogens is 1. The van der Waals surface area contributed by atoms with E-state index in [0.717, 1.165) is 0 Å². The van der Waals surface area contributed by atoms with Crippen molar-refractivity contribution >= 4 is 38.2 Å². The summed E-state index contributed by atoms with van der Waals surface area (Å²) in [6.45, 7) is 8.91. The Bertz CT molecular complexity index is 1290. The van der Waals surface area contributed by atoms with Crippen molar-refractivity contribution in [2.24, 2.45) is 5.92 Å². The zero-order chi connectivity index (χ0) is 24.2. The number of sulfonamides is 1. The molecule has 0 spiro atoms. The van der Waals surface area contributed by atoms with Crippen molar-refractivity contribution in [2.75, 3.05) is 23.7 Å². The van der Waals surface area contributed by atoms with Crippen molar-refractivity contribution < 1.29 is 13.2 Å². The highest BCUT2D eigenvalue weighted by Gasteiger charge is 2.21. The summed E-state index contributed by atoms with van der Waals surface area (Å²) in [4.78, 5) is 25.6. The van der Waals surface area contributed by atoms with Gasteiger partial charge in [0.1, 0.15) is 0 Å². The Kier molecular flexibility index (Phi) is 7.55. The summed E-state index contributed by atoms with van der Waals surface area (Å²) < 4.78 is 28.2. The maximum absolute atomic E-state index is 12.8. The predicted molar refractivity (Wildman–Crippen MR) is 132 cm³/mol. The summed E-state index contributed by atoms with van der Waals surface area (Å²) in [7, 11) is -3.57. The molecule has 0 bridgehead atoms. The molecule has 0 radical (unpaired) electrons. The number of amides is 2. The Balaban J connectivity index is 1.83. The highest BCUT2D eigenvalue weighted by atomic mass is 32.2. The highest BCUT2D eigenvalue weighted by Crippen LogP contribution is 2.22. The lowest BCUT2D eigenvalue weighted by Crippen LogP contribution is -2.30. The minimum Gasteiger partial charge on any atom is -0.313 e. The van der Waals surface area contributed by atoms with Gasteiger partial charge in [0.25, 0.3) is 5.56 Å². The van der Waals surface area contributed by atoms with Crippen LogP contribution >= 0.6 is 0 Å². The quantitative estimate of drug-likeness (QED) is 0.512. The summed E-state index contributed by atoms with van der Waals surface area (Å²) in [5.74, 6) is 0.261. The van der Waals surface area contributed by atoms with Gasteiger partial charge in [0, 0.05) is 42.3 Å². The van der Waals surface area contributed by atoms with Crippen LogP contribution in [-0.2, 0) is 16.6 Å². The first-order valence-corrected chi connectivity index (χ1v) is 12.4. The topological polar surface area (TPSA) is 101 Å². The normalized spacial score (nSPS) is 11.8. The average Bonchev–Trinajstić information content (AvgIpc) is 2.77. The van der Waals surface area contributed by atoms with Gasteiger partial charge >= 0.3 is 6.03 Å². The van der Waals surface area contributed by atoms with Gasteiger partial charge in [-0.3, -0.25) is 4.79 Å². The minimum absolute atomic E-state index is 0.102. The molecule has 0 atom stereocenters. The average molecular weight is 471 g/mol. The molecule has 0 aliphatic carbocycles. The minimum atomic E-state index is -3.57. The second-order valence-corrected chi connectivity index (χ2v) is 10.1. The summed E-state index contributed by atoms with van der Waals surface area (Å²) in [6.07, 6.45) is 1.66. The third kappa shape index (κ3) is 5.43. The zero-order valence-electron chi connectivity index (χ0n) is 19.3. The highest BCUT2D eigenvalue weighted by molar-refractivity contribution is 7.89. The van der Waals surface area contributed by atoms with Gasteiger partial charge in [-0.2, -0.15) is 4.31 Å². The van der Waals surface area contributed by atoms with Crippen molar-refractivity contribution in [2.45, 2.75) is 39.1 Å². The van der Waals surface area contributed by atoms with Crippen molar-refractivity contribution in [1.82, 2.24) is 8.87 Å². The van der Waals surface area contributed by atoms with Gasteiger partial charge in [-0.1, -0.05) is 45.9 Å². The number of nitrogens with zero attached hydrogens (tertiary/aromatic N) is 2. The van der Waals surface area contributed by atoms with E-state index in [2.05, 4.69) is 10.6 Å². The Morgan fingerprint density at radius 1 is 0.970 bits per heavy atom. The molecular weight excluding hydrogens is 440 g/mol. The smallest absolute Gasteiger partial charge is 0.313 e. The third-order valence-electron chi connectivity index (χ3n) is 5.26. The van der Waals surface area contributed by atoms with Crippen LogP contribution in [0.25, 0.3) is 10.8 Å². The van der Waals surface area contributed by atoms with Gasteiger partial charge in [-0.05, 0) is 36.2 Å². The number of benzene rings is 2. The van der Waals surface area contributed by atoms with Gasteiger partial charge < -0.3 is 15.2 Å². The van der Waals surface area contributed by atoms with Gasteiger partial charge in [0.05, 0.1) is 10.6 Å². The van der Waals surface area contributed by atoms with Crippen LogP contribution < -0.4 is 16.2 Å². The van der Waals surface area contributed by atoms with Crippen LogP contribution in [0.1, 0.15) is 27.7 Å². The molecule has 9 heteroatoms. The number of hydrogen-bond acceptors (Lipinski definition) is 4. The van der Waals surface area contributed by atoms with E-state index in [1.54, 1.807) is 54.9 Å². The van der Waals surface area contributed by atoms with E-state index in [9.17, 15) is 18.0 Å². The molecule has 0 saturated carbocycles. The molecule has 2 N–H and O–H groups in total. The molecule has 0 fully saturated rings. The third-order valence-corrected chi connectivity index (χ3v) is 7.32. The fourth-order valence-electron chi connectivity index (χ4n) is 3.68. The lowest BCUT2D eigenvalue weighted by Gasteiger charge is -2.18. The molecule has 0 aliphatic rings. The molecule has 176 valence electrons. The Hall–Kier alpha value is -3.17. The molecule has 1 aromatic heterocycles. The fourth-order valence-corrected chi connectivity index (χ4v) is 5.14. The standard InChI is InChI=1S/C24H30N4O4S/c1-5-28(6-2)33(31,32)19-13-11-18(12-14-19)25-24(30)26-22-16-27(15-17(3)4)23(29)21-10-8-7-9-20(21)22/h7-14,16-17H,5-6,15H2,1-4H3,(H2,25,26,30). The Morgan fingerprint density at radius 2 is 1.58 bits per heavy atom. The number of fused-ring (bicyclic) bond motifs is 1. The molecule has 0 aliphatic heterocycles. The van der Waals surface area contributed by atoms with Gasteiger partial charge in [0.2, 0.25) is 10.0 Å². The van der Waals surface area contributed by atoms with Crippen LogP contribution in [0, 0.1) is 5.92 Å². The fraction of sp³-hybridized carbons (Fsp3) is 0.333. The van der Waals surface area contributed by atoms with Crippen LogP contribution in [-0.4, -0.2) is 36.4 Å². The van der Waals surface area contributed by atoms with Crippen molar-refractivity contribution in [3.63, 3.8) is 0 Å². The molecule has 0 saturated heterocycles. The van der Waals surface area contributed by atoms with Crippen molar-refractivity contribution in [3.8, 4) is 0 Å². The number of hydrogen-bond donors (Lipinski definition) is 2. The molecular formula is C24H30N4O4S. The van der Waals surface area contributed by atoms with E-state index in [4.69, 9.17) is 0 Å². The van der Waals surface area contributed by atoms with Crippen LogP contribution in [0.2, 0.25) is 0 Å². The SMILES string of the molecule is CCN(CC)S(=O)(=O)c1ccc(NC(=O)Nc2cn(CC(C)C)c(=O)c3ccccc23)cc1. The van der Waals surface area contributed by atoms with Crippen molar-refractivity contribution in [1.29, 1.82) is 0 Å². The molecule has 1 heterocycles. The number of urea groups is 1. The molecule has 3 aromatic rings. The molecule has 2 amide bonds. The number of carbonyl (C=O) groups excluding carboxylic acids is 1. The first-order chi connectivity index (χ1) is 15.7. The van der Waals surface area contributed by atoms with Crippen LogP contribution in [0.4, 0.5) is 16.2 Å². The van der Waals surface area contributed by atoms with Gasteiger partial charge in [-0.25, -0.2) is 13.2 Å². The number of carbonyl (C=O) groups is 1. The molecule has 0 unspecified atom stereocenters. The number of anilines is 2. The lowest BCUT2D eigenvalue weighted by atomic mass is 10.1. The first kappa shape index (κ1) is 24.5. The van der Waals surface area contributed by atoms with Crippen LogP contribution in [0.3, 0.4) is 0 Å². The van der Waals surface area contributed by atoms with Gasteiger partial charge in [0.15, 0.2) is 0 Å². The number of nitrogens with one attached hydrogen (secondary N) is 2. The molecule has 3 rings (SSSR count). The summed E-state index contributed by atoms with van der Waals surface area (Å²) in [6, 6.07) is 12.7. The first-order valence-electron chi connectivity index (χ1n) is 11.0.